The van der Waals surface area contributed by atoms with E-state index in [0.717, 1.165) is 15.8 Å². The van der Waals surface area contributed by atoms with Gasteiger partial charge in [0.15, 0.2) is 0 Å². The molecule has 1 atom stereocenters. The summed E-state index contributed by atoms with van der Waals surface area (Å²) in [5.74, 6) is 0.667. The Hall–Kier alpha value is -1.47. The molecule has 2 heterocycles. The van der Waals surface area contributed by atoms with Gasteiger partial charge in [-0.15, -0.1) is 0 Å². The molecule has 0 bridgehead atoms. The number of nitrogens with zero attached hydrogens (tertiary/aromatic N) is 2. The van der Waals surface area contributed by atoms with Crippen molar-refractivity contribution in [3.8, 4) is 0 Å². The first kappa shape index (κ1) is 17.4. The van der Waals surface area contributed by atoms with E-state index in [9.17, 15) is 9.59 Å². The van der Waals surface area contributed by atoms with Crippen LogP contribution in [0.4, 0.5) is 5.69 Å². The highest BCUT2D eigenvalue weighted by Crippen LogP contribution is 2.36. The Bertz CT molecular complexity index is 670. The van der Waals surface area contributed by atoms with Gasteiger partial charge in [0.2, 0.25) is 11.8 Å². The summed E-state index contributed by atoms with van der Waals surface area (Å²) in [6.07, 6.45) is 1.34. The second-order valence-electron chi connectivity index (χ2n) is 6.06. The second kappa shape index (κ2) is 7.61. The maximum absolute atomic E-state index is 12.6. The van der Waals surface area contributed by atoms with Gasteiger partial charge < -0.3 is 10.6 Å². The van der Waals surface area contributed by atoms with Gasteiger partial charge in [-0.25, -0.2) is 4.99 Å². The zero-order chi connectivity index (χ0) is 17.1. The third-order valence-electron chi connectivity index (χ3n) is 4.39. The van der Waals surface area contributed by atoms with Crippen LogP contribution < -0.4 is 5.73 Å². The van der Waals surface area contributed by atoms with E-state index in [1.54, 1.807) is 11.8 Å². The Morgan fingerprint density at radius 3 is 2.75 bits per heavy atom. The monoisotopic (exact) mass is 363 g/mol. The van der Waals surface area contributed by atoms with E-state index in [1.807, 2.05) is 30.0 Å². The molecular formula is C17H21N3O2S2. The number of likely N-dealkylation sites (tertiary alicyclic amines) is 1. The highest BCUT2D eigenvalue weighted by molar-refractivity contribution is 8.39. The number of fused-ring (bicyclic) bond motifs is 1. The number of thioether (sulfide) groups is 2. The van der Waals surface area contributed by atoms with Crippen molar-refractivity contribution in [2.45, 2.75) is 30.8 Å². The molecule has 7 heteroatoms. The molecule has 24 heavy (non-hydrogen) atoms. The predicted molar refractivity (Wildman–Crippen MR) is 100 cm³/mol. The molecule has 1 saturated heterocycles. The number of aliphatic imine (C=N–C) groups is 1. The van der Waals surface area contributed by atoms with Crippen molar-refractivity contribution in [1.82, 2.24) is 4.90 Å². The number of carbonyl (C=O) groups excluding carboxylic acids is 2. The Kier molecular flexibility index (Phi) is 5.50. The van der Waals surface area contributed by atoms with Gasteiger partial charge >= 0.3 is 0 Å². The van der Waals surface area contributed by atoms with Gasteiger partial charge in [-0.1, -0.05) is 41.7 Å². The second-order valence-corrected chi connectivity index (χ2v) is 8.61. The Morgan fingerprint density at radius 1 is 1.33 bits per heavy atom. The number of rotatable bonds is 3. The first-order valence-electron chi connectivity index (χ1n) is 8.08. The molecule has 2 N–H and O–H groups in total. The SMILES string of the molecule is CC(SC1=Nc2ccccc2CS1)C(=O)N1CCC(C(N)=O)CC1. The molecule has 1 aromatic rings. The lowest BCUT2D eigenvalue weighted by atomic mass is 9.96. The summed E-state index contributed by atoms with van der Waals surface area (Å²) in [5, 5.41) is -0.174. The van der Waals surface area contributed by atoms with Gasteiger partial charge in [-0.05, 0) is 31.4 Å². The van der Waals surface area contributed by atoms with E-state index in [-0.39, 0.29) is 23.0 Å². The highest BCUT2D eigenvalue weighted by atomic mass is 32.2. The molecule has 0 aliphatic carbocycles. The summed E-state index contributed by atoms with van der Waals surface area (Å²) in [6.45, 7) is 3.15. The molecule has 1 aromatic carbocycles. The number of para-hydroxylation sites is 1. The van der Waals surface area contributed by atoms with Gasteiger partial charge in [0, 0.05) is 24.8 Å². The molecule has 128 valence electrons. The normalized spacial score (nSPS) is 19.4. The molecule has 2 amide bonds. The summed E-state index contributed by atoms with van der Waals surface area (Å²) in [5.41, 5.74) is 7.58. The fraction of sp³-hybridized carbons (Fsp3) is 0.471. The van der Waals surface area contributed by atoms with Crippen molar-refractivity contribution in [3.63, 3.8) is 0 Å². The van der Waals surface area contributed by atoms with Gasteiger partial charge in [0.1, 0.15) is 4.38 Å². The summed E-state index contributed by atoms with van der Waals surface area (Å²) in [6, 6.07) is 8.11. The number of benzene rings is 1. The van der Waals surface area contributed by atoms with E-state index in [4.69, 9.17) is 5.73 Å². The molecule has 3 rings (SSSR count). The third-order valence-corrected chi connectivity index (χ3v) is 6.67. The zero-order valence-electron chi connectivity index (χ0n) is 13.6. The minimum absolute atomic E-state index is 0.0909. The van der Waals surface area contributed by atoms with Crippen LogP contribution in [0, 0.1) is 5.92 Å². The van der Waals surface area contributed by atoms with Crippen LogP contribution in [-0.2, 0) is 15.3 Å². The summed E-state index contributed by atoms with van der Waals surface area (Å²) in [7, 11) is 0. The number of piperidine rings is 1. The van der Waals surface area contributed by atoms with Crippen LogP contribution in [0.5, 0.6) is 0 Å². The summed E-state index contributed by atoms with van der Waals surface area (Å²) >= 11 is 3.21. The van der Waals surface area contributed by atoms with Crippen LogP contribution in [0.1, 0.15) is 25.3 Å². The molecular weight excluding hydrogens is 342 g/mol. The highest BCUT2D eigenvalue weighted by Gasteiger charge is 2.29. The van der Waals surface area contributed by atoms with Crippen LogP contribution >= 0.6 is 23.5 Å². The lowest BCUT2D eigenvalue weighted by molar-refractivity contribution is -0.134. The molecule has 1 fully saturated rings. The van der Waals surface area contributed by atoms with E-state index in [2.05, 4.69) is 11.1 Å². The summed E-state index contributed by atoms with van der Waals surface area (Å²) in [4.78, 5) is 30.3. The number of carbonyl (C=O) groups is 2. The number of hydrogen-bond acceptors (Lipinski definition) is 5. The molecule has 0 radical (unpaired) electrons. The molecule has 0 aromatic heterocycles. The van der Waals surface area contributed by atoms with Crippen LogP contribution in [0.2, 0.25) is 0 Å². The lowest BCUT2D eigenvalue weighted by Gasteiger charge is -2.32. The van der Waals surface area contributed by atoms with Crippen LogP contribution in [0.15, 0.2) is 29.3 Å². The van der Waals surface area contributed by atoms with Gasteiger partial charge in [-0.3, -0.25) is 9.59 Å². The van der Waals surface area contributed by atoms with Crippen molar-refractivity contribution < 1.29 is 9.59 Å². The minimum atomic E-state index is -0.254. The van der Waals surface area contributed by atoms with Crippen molar-refractivity contribution in [2.75, 3.05) is 13.1 Å². The quantitative estimate of drug-likeness (QED) is 0.896. The van der Waals surface area contributed by atoms with Gasteiger partial charge in [0.25, 0.3) is 0 Å². The van der Waals surface area contributed by atoms with E-state index in [0.29, 0.717) is 25.9 Å². The minimum Gasteiger partial charge on any atom is -0.369 e. The first-order chi connectivity index (χ1) is 11.5. The maximum atomic E-state index is 12.6. The Morgan fingerprint density at radius 2 is 2.04 bits per heavy atom. The largest absolute Gasteiger partial charge is 0.369 e. The van der Waals surface area contributed by atoms with E-state index < -0.39 is 0 Å². The topological polar surface area (TPSA) is 75.8 Å². The molecule has 2 aliphatic rings. The summed E-state index contributed by atoms with van der Waals surface area (Å²) < 4.78 is 0.946. The molecule has 5 nitrogen and oxygen atoms in total. The molecule has 0 saturated carbocycles. The van der Waals surface area contributed by atoms with Crippen molar-refractivity contribution in [2.24, 2.45) is 16.6 Å². The standard InChI is InChI=1S/C17H21N3O2S2/c1-11(16(22)20-8-6-12(7-9-20)15(18)21)24-17-19-14-5-3-2-4-13(14)10-23-17/h2-5,11-12H,6-10H2,1H3,(H2,18,21). The van der Waals surface area contributed by atoms with Gasteiger partial charge in [-0.2, -0.15) is 0 Å². The molecule has 2 aliphatic heterocycles. The van der Waals surface area contributed by atoms with Crippen molar-refractivity contribution in [3.05, 3.63) is 29.8 Å². The Balaban J connectivity index is 1.58. The Labute approximate surface area is 150 Å². The number of amides is 2. The van der Waals surface area contributed by atoms with E-state index >= 15 is 0 Å². The first-order valence-corrected chi connectivity index (χ1v) is 9.95. The smallest absolute Gasteiger partial charge is 0.235 e. The number of primary amides is 1. The van der Waals surface area contributed by atoms with Crippen LogP contribution in [-0.4, -0.2) is 39.4 Å². The van der Waals surface area contributed by atoms with Crippen molar-refractivity contribution >= 4 is 45.4 Å². The average Bonchev–Trinajstić information content (AvgIpc) is 2.61. The zero-order valence-corrected chi connectivity index (χ0v) is 15.2. The van der Waals surface area contributed by atoms with Crippen LogP contribution in [0.3, 0.4) is 0 Å². The van der Waals surface area contributed by atoms with Crippen LogP contribution in [0.25, 0.3) is 0 Å². The third kappa shape index (κ3) is 3.95. The lowest BCUT2D eigenvalue weighted by Crippen LogP contribution is -2.44. The fourth-order valence-corrected chi connectivity index (χ4v) is 5.19. The average molecular weight is 364 g/mol. The maximum Gasteiger partial charge on any atom is 0.235 e. The number of nitrogens with two attached hydrogens (primary N) is 1. The fourth-order valence-electron chi connectivity index (χ4n) is 2.92. The predicted octanol–water partition coefficient (Wildman–Crippen LogP) is 2.77. The number of hydrogen-bond donors (Lipinski definition) is 1. The molecule has 0 spiro atoms. The van der Waals surface area contributed by atoms with Crippen molar-refractivity contribution in [1.29, 1.82) is 0 Å². The molecule has 1 unspecified atom stereocenters. The van der Waals surface area contributed by atoms with Gasteiger partial charge in [0.05, 0.1) is 10.9 Å². The van der Waals surface area contributed by atoms with E-state index in [1.165, 1.54) is 17.3 Å².